The fraction of sp³-hybridized carbons (Fsp3) is 0.346. The summed E-state index contributed by atoms with van der Waals surface area (Å²) in [5.74, 6) is 0.374. The molecule has 0 atom stereocenters. The molecule has 0 spiro atoms. The smallest absolute Gasteiger partial charge is 0.410 e. The Hall–Kier alpha value is -4.01. The number of carbonyl (C=O) groups excluding carboxylic acids is 1. The summed E-state index contributed by atoms with van der Waals surface area (Å²) in [4.78, 5) is 19.3. The number of benzene rings is 2. The quantitative estimate of drug-likeness (QED) is 0.321. The molecule has 4 aromatic rings. The molecule has 5 rings (SSSR count). The highest BCUT2D eigenvalue weighted by molar-refractivity contribution is 5.87. The van der Waals surface area contributed by atoms with Crippen molar-refractivity contribution in [3.05, 3.63) is 58.9 Å². The van der Waals surface area contributed by atoms with Gasteiger partial charge in [-0.3, -0.25) is 4.68 Å². The van der Waals surface area contributed by atoms with E-state index in [9.17, 15) is 10.0 Å². The minimum atomic E-state index is -0.525. The van der Waals surface area contributed by atoms with Crippen LogP contribution >= 0.6 is 0 Å². The van der Waals surface area contributed by atoms with Crippen LogP contribution in [0.15, 0.2) is 42.6 Å². The highest BCUT2D eigenvalue weighted by Crippen LogP contribution is 2.27. The lowest BCUT2D eigenvalue weighted by molar-refractivity contribution is -0.642. The molecule has 35 heavy (non-hydrogen) atoms. The van der Waals surface area contributed by atoms with E-state index in [-0.39, 0.29) is 6.09 Å². The normalized spacial score (nSPS) is 14.4. The monoisotopic (exact) mass is 472 g/mol. The van der Waals surface area contributed by atoms with Crippen LogP contribution in [0.5, 0.6) is 0 Å². The molecule has 9 nitrogen and oxygen atoms in total. The van der Waals surface area contributed by atoms with E-state index in [2.05, 4.69) is 15.2 Å². The van der Waals surface area contributed by atoms with Crippen molar-refractivity contribution < 1.29 is 14.4 Å². The molecule has 1 amide bonds. The van der Waals surface area contributed by atoms with E-state index < -0.39 is 5.60 Å². The van der Waals surface area contributed by atoms with Crippen molar-refractivity contribution in [2.45, 2.75) is 39.7 Å². The number of hydrogen-bond donors (Lipinski definition) is 0. The van der Waals surface area contributed by atoms with E-state index in [4.69, 9.17) is 4.74 Å². The molecule has 180 valence electrons. The molecule has 0 unspecified atom stereocenters. The third-order valence-electron chi connectivity index (χ3n) is 6.00. The summed E-state index contributed by atoms with van der Waals surface area (Å²) < 4.78 is 7.23. The number of aromatic nitrogens is 5. The van der Waals surface area contributed by atoms with Gasteiger partial charge in [0.05, 0.1) is 5.52 Å². The molecule has 0 fully saturated rings. The van der Waals surface area contributed by atoms with Crippen molar-refractivity contribution in [1.82, 2.24) is 24.8 Å². The largest absolute Gasteiger partial charge is 0.594 e. The summed E-state index contributed by atoms with van der Waals surface area (Å²) in [5.41, 5.74) is 5.15. The molecule has 1 aliphatic heterocycles. The van der Waals surface area contributed by atoms with E-state index in [1.807, 2.05) is 77.3 Å². The zero-order chi connectivity index (χ0) is 24.9. The van der Waals surface area contributed by atoms with Crippen LogP contribution in [-0.2, 0) is 11.8 Å². The van der Waals surface area contributed by atoms with Gasteiger partial charge in [0.2, 0.25) is 5.82 Å². The van der Waals surface area contributed by atoms with Crippen LogP contribution in [0.3, 0.4) is 0 Å². The van der Waals surface area contributed by atoms with Gasteiger partial charge in [-0.25, -0.2) is 9.78 Å². The molecule has 0 saturated heterocycles. The van der Waals surface area contributed by atoms with E-state index in [0.717, 1.165) is 33.2 Å². The van der Waals surface area contributed by atoms with Crippen molar-refractivity contribution in [3.8, 4) is 11.4 Å². The van der Waals surface area contributed by atoms with Crippen LogP contribution in [0.25, 0.3) is 38.9 Å². The van der Waals surface area contributed by atoms with Crippen LogP contribution in [0.4, 0.5) is 4.79 Å². The second-order valence-corrected chi connectivity index (χ2v) is 9.95. The Balaban J connectivity index is 1.43. The molecule has 0 saturated carbocycles. The van der Waals surface area contributed by atoms with Crippen LogP contribution in [0, 0.1) is 12.1 Å². The zero-order valence-corrected chi connectivity index (χ0v) is 20.6. The van der Waals surface area contributed by atoms with Crippen molar-refractivity contribution in [2.24, 2.45) is 7.05 Å². The van der Waals surface area contributed by atoms with Gasteiger partial charge in [-0.15, -0.1) is 0 Å². The second kappa shape index (κ2) is 8.33. The van der Waals surface area contributed by atoms with Gasteiger partial charge in [-0.05, 0) is 73.9 Å². The fourth-order valence-electron chi connectivity index (χ4n) is 4.35. The predicted molar refractivity (Wildman–Crippen MR) is 133 cm³/mol. The minimum absolute atomic E-state index is 0.315. The lowest BCUT2D eigenvalue weighted by atomic mass is 9.99. The molecular weight excluding hydrogens is 444 g/mol. The van der Waals surface area contributed by atoms with Gasteiger partial charge in [0.15, 0.2) is 0 Å². The van der Waals surface area contributed by atoms with E-state index in [1.165, 1.54) is 0 Å². The number of carbonyl (C=O) groups is 1. The summed E-state index contributed by atoms with van der Waals surface area (Å²) in [6, 6.07) is 9.53. The van der Waals surface area contributed by atoms with E-state index in [0.29, 0.717) is 41.2 Å². The highest BCUT2D eigenvalue weighted by Gasteiger charge is 2.24. The Morgan fingerprint density at radius 3 is 2.69 bits per heavy atom. The molecule has 0 N–H and O–H groups in total. The average molecular weight is 473 g/mol. The van der Waals surface area contributed by atoms with Crippen molar-refractivity contribution in [3.63, 3.8) is 0 Å². The molecule has 0 bridgehead atoms. The number of fused-ring (bicyclic) bond motifs is 2. The van der Waals surface area contributed by atoms with Crippen LogP contribution in [-0.4, -0.2) is 49.5 Å². The molecule has 0 radical (unpaired) electrons. The summed E-state index contributed by atoms with van der Waals surface area (Å²) in [7, 11) is 1.88. The first-order chi connectivity index (χ1) is 16.6. The maximum absolute atomic E-state index is 12.9. The summed E-state index contributed by atoms with van der Waals surface area (Å²) in [6.45, 7) is 8.58. The molecule has 2 aromatic carbocycles. The van der Waals surface area contributed by atoms with Gasteiger partial charge in [0, 0.05) is 48.4 Å². The highest BCUT2D eigenvalue weighted by atomic mass is 16.6. The Labute approximate surface area is 203 Å². The minimum Gasteiger partial charge on any atom is -0.594 e. The van der Waals surface area contributed by atoms with Gasteiger partial charge >= 0.3 is 6.09 Å². The van der Waals surface area contributed by atoms with Crippen LogP contribution in [0.2, 0.25) is 0 Å². The lowest BCUT2D eigenvalue weighted by Gasteiger charge is -2.29. The third-order valence-corrected chi connectivity index (χ3v) is 6.00. The Bertz CT molecular complexity index is 1500. The van der Waals surface area contributed by atoms with Gasteiger partial charge in [0.1, 0.15) is 11.1 Å². The number of nitrogens with zero attached hydrogens (tertiary/aromatic N) is 6. The maximum atomic E-state index is 12.9. The number of ether oxygens (including phenoxy) is 1. The van der Waals surface area contributed by atoms with Crippen LogP contribution in [0.1, 0.15) is 38.3 Å². The lowest BCUT2D eigenvalue weighted by Crippen LogP contribution is -2.39. The molecule has 3 heterocycles. The molecule has 0 aliphatic carbocycles. The van der Waals surface area contributed by atoms with Crippen molar-refractivity contribution >= 4 is 33.6 Å². The van der Waals surface area contributed by atoms with Crippen molar-refractivity contribution in [1.29, 1.82) is 0 Å². The van der Waals surface area contributed by atoms with Gasteiger partial charge in [-0.1, -0.05) is 12.1 Å². The number of aryl methyl sites for hydroxylation is 2. The zero-order valence-electron chi connectivity index (χ0n) is 20.6. The van der Waals surface area contributed by atoms with E-state index >= 15 is 0 Å². The fourth-order valence-corrected chi connectivity index (χ4v) is 4.35. The van der Waals surface area contributed by atoms with E-state index in [1.54, 1.807) is 9.58 Å². The SMILES string of the molecule is Cc1cc(-c2nc3ccc(C4=CCN(C(=O)OC(C)(C)C)CC4)cc3[n+]([O-])n2)cc2cn(C)nc12. The molecule has 2 aromatic heterocycles. The van der Waals surface area contributed by atoms with Crippen LogP contribution < -0.4 is 4.85 Å². The topological polar surface area (TPSA) is 100 Å². The Morgan fingerprint density at radius 1 is 1.17 bits per heavy atom. The predicted octanol–water partition coefficient (Wildman–Crippen LogP) is 4.15. The van der Waals surface area contributed by atoms with Gasteiger partial charge in [0.25, 0.3) is 5.52 Å². The van der Waals surface area contributed by atoms with Crippen molar-refractivity contribution in [2.75, 3.05) is 13.1 Å². The molecule has 9 heteroatoms. The molecular formula is C26H28N6O3. The number of amides is 1. The Morgan fingerprint density at radius 2 is 1.97 bits per heavy atom. The number of hydrogen-bond acceptors (Lipinski definition) is 6. The third kappa shape index (κ3) is 4.53. The summed E-state index contributed by atoms with van der Waals surface area (Å²) in [5, 5.41) is 22.6. The Kier molecular flexibility index (Phi) is 5.42. The second-order valence-electron chi connectivity index (χ2n) is 9.95. The summed E-state index contributed by atoms with van der Waals surface area (Å²) in [6.07, 6.45) is 4.30. The van der Waals surface area contributed by atoms with Gasteiger partial charge in [-0.2, -0.15) is 5.10 Å². The first kappa shape index (κ1) is 22.8. The van der Waals surface area contributed by atoms with Gasteiger partial charge < -0.3 is 14.8 Å². The first-order valence-electron chi connectivity index (χ1n) is 11.6. The maximum Gasteiger partial charge on any atom is 0.410 e. The standard InChI is InChI=1S/C26H28N6O3/c1-16-12-19(13-20-15-30(5)28-23(16)20)24-27-21-7-6-18(14-22(21)32(34)29-24)17-8-10-31(11-9-17)25(33)35-26(2,3)4/h6-8,12-15H,9-11H2,1-5H3. The molecule has 1 aliphatic rings. The summed E-state index contributed by atoms with van der Waals surface area (Å²) >= 11 is 0. The first-order valence-corrected chi connectivity index (χ1v) is 11.6. The average Bonchev–Trinajstić information content (AvgIpc) is 3.18. The number of rotatable bonds is 2.